The number of rotatable bonds is 5. The predicted octanol–water partition coefficient (Wildman–Crippen LogP) is 4.14. The maximum Gasteiger partial charge on any atom is 0.345 e. The quantitative estimate of drug-likeness (QED) is 0.511. The average Bonchev–Trinajstić information content (AvgIpc) is 2.73. The van der Waals surface area contributed by atoms with E-state index in [0.717, 1.165) is 5.56 Å². The van der Waals surface area contributed by atoms with Crippen molar-refractivity contribution in [2.75, 3.05) is 0 Å². The monoisotopic (exact) mass is 405 g/mol. The lowest BCUT2D eigenvalue weighted by Gasteiger charge is -2.28. The van der Waals surface area contributed by atoms with Gasteiger partial charge in [0.2, 0.25) is 5.60 Å². The molecular formula is C25H27NO4. The third-order valence-electron chi connectivity index (χ3n) is 5.32. The molecule has 156 valence electrons. The molecule has 1 unspecified atom stereocenters. The van der Waals surface area contributed by atoms with Crippen molar-refractivity contribution in [2.24, 2.45) is 5.73 Å². The van der Waals surface area contributed by atoms with Crippen molar-refractivity contribution in [1.29, 1.82) is 0 Å². The van der Waals surface area contributed by atoms with Crippen LogP contribution >= 0.6 is 0 Å². The Hall–Kier alpha value is -3.15. The highest BCUT2D eigenvalue weighted by atomic mass is 16.4. The molecule has 0 saturated heterocycles. The molecule has 0 heterocycles. The number of nitrogens with two attached hydrogens (primary N) is 1. The Kier molecular flexibility index (Phi) is 5.70. The highest BCUT2D eigenvalue weighted by molar-refractivity contribution is 5.88. The summed E-state index contributed by atoms with van der Waals surface area (Å²) in [5.41, 5.74) is 6.04. The van der Waals surface area contributed by atoms with Crippen LogP contribution in [-0.2, 0) is 22.4 Å². The second-order valence-electron chi connectivity index (χ2n) is 8.42. The van der Waals surface area contributed by atoms with Gasteiger partial charge in [-0.2, -0.15) is 0 Å². The van der Waals surface area contributed by atoms with Gasteiger partial charge in [-0.3, -0.25) is 0 Å². The molecule has 0 spiro atoms. The normalized spacial score (nSPS) is 13.6. The van der Waals surface area contributed by atoms with Crippen molar-refractivity contribution >= 4 is 5.97 Å². The van der Waals surface area contributed by atoms with E-state index in [-0.39, 0.29) is 28.8 Å². The minimum absolute atomic E-state index is 0.0490. The number of aliphatic carboxylic acids is 1. The zero-order valence-electron chi connectivity index (χ0n) is 17.4. The van der Waals surface area contributed by atoms with E-state index in [0.29, 0.717) is 16.7 Å². The summed E-state index contributed by atoms with van der Waals surface area (Å²) in [6.07, 6.45) is 0. The molecule has 3 aromatic rings. The summed E-state index contributed by atoms with van der Waals surface area (Å²) in [4.78, 5) is 12.3. The molecular weight excluding hydrogens is 378 g/mol. The molecule has 3 rings (SSSR count). The minimum Gasteiger partial charge on any atom is -0.507 e. The highest BCUT2D eigenvalue weighted by Gasteiger charge is 2.42. The van der Waals surface area contributed by atoms with Gasteiger partial charge >= 0.3 is 5.97 Å². The molecule has 5 N–H and O–H groups in total. The van der Waals surface area contributed by atoms with Crippen molar-refractivity contribution in [3.05, 3.63) is 89.0 Å². The number of carboxylic acid groups (broad SMARTS) is 1. The topological polar surface area (TPSA) is 104 Å². The Balaban J connectivity index is 2.36. The number of phenolic OH excluding ortho intramolecular Hbond substituents is 1. The van der Waals surface area contributed by atoms with Gasteiger partial charge in [-0.15, -0.1) is 0 Å². The number of benzene rings is 3. The van der Waals surface area contributed by atoms with Crippen molar-refractivity contribution in [1.82, 2.24) is 0 Å². The van der Waals surface area contributed by atoms with E-state index < -0.39 is 11.6 Å². The van der Waals surface area contributed by atoms with Gasteiger partial charge in [0.1, 0.15) is 5.75 Å². The molecule has 0 aliphatic carbocycles. The summed E-state index contributed by atoms with van der Waals surface area (Å²) < 4.78 is 0. The molecule has 0 aliphatic rings. The number of hydrogen-bond donors (Lipinski definition) is 4. The number of phenols is 1. The van der Waals surface area contributed by atoms with Gasteiger partial charge in [-0.05, 0) is 28.2 Å². The Bertz CT molecular complexity index is 1070. The van der Waals surface area contributed by atoms with Crippen LogP contribution in [0.1, 0.15) is 43.0 Å². The number of aromatic hydroxyl groups is 1. The van der Waals surface area contributed by atoms with E-state index in [2.05, 4.69) is 0 Å². The number of aliphatic hydroxyl groups is 1. The summed E-state index contributed by atoms with van der Waals surface area (Å²) in [7, 11) is 0. The van der Waals surface area contributed by atoms with Crippen molar-refractivity contribution in [2.45, 2.75) is 38.3 Å². The number of carbonyl (C=O) groups is 1. The summed E-state index contributed by atoms with van der Waals surface area (Å²) in [5.74, 6) is -1.35. The molecule has 0 aromatic heterocycles. The van der Waals surface area contributed by atoms with E-state index in [1.165, 1.54) is 0 Å². The SMILES string of the molecule is CC(C)(C)c1cc(CN)cc(-c2ccccc2C(O)(C(=O)O)c2ccccc2)c1O. The van der Waals surface area contributed by atoms with Crippen LogP contribution in [0, 0.1) is 0 Å². The Morgan fingerprint density at radius 2 is 1.50 bits per heavy atom. The van der Waals surface area contributed by atoms with Gasteiger partial charge in [-0.25, -0.2) is 4.79 Å². The van der Waals surface area contributed by atoms with Crippen LogP contribution in [0.2, 0.25) is 0 Å². The number of carboxylic acids is 1. The first-order valence-corrected chi connectivity index (χ1v) is 9.78. The first-order valence-electron chi connectivity index (χ1n) is 9.78. The van der Waals surface area contributed by atoms with Crippen LogP contribution in [-0.4, -0.2) is 21.3 Å². The van der Waals surface area contributed by atoms with Crippen LogP contribution in [0.25, 0.3) is 11.1 Å². The van der Waals surface area contributed by atoms with Gasteiger partial charge in [-0.1, -0.05) is 81.4 Å². The fourth-order valence-electron chi connectivity index (χ4n) is 3.70. The molecule has 3 aromatic carbocycles. The van der Waals surface area contributed by atoms with E-state index >= 15 is 0 Å². The van der Waals surface area contributed by atoms with Gasteiger partial charge in [0.15, 0.2) is 0 Å². The lowest BCUT2D eigenvalue weighted by atomic mass is 9.79. The van der Waals surface area contributed by atoms with E-state index in [9.17, 15) is 20.1 Å². The highest BCUT2D eigenvalue weighted by Crippen LogP contribution is 2.44. The van der Waals surface area contributed by atoms with E-state index in [1.807, 2.05) is 26.8 Å². The molecule has 0 fully saturated rings. The van der Waals surface area contributed by atoms with Gasteiger partial charge < -0.3 is 21.1 Å². The third-order valence-corrected chi connectivity index (χ3v) is 5.32. The molecule has 5 nitrogen and oxygen atoms in total. The molecule has 30 heavy (non-hydrogen) atoms. The Morgan fingerprint density at radius 3 is 2.07 bits per heavy atom. The van der Waals surface area contributed by atoms with Gasteiger partial charge in [0, 0.05) is 23.2 Å². The largest absolute Gasteiger partial charge is 0.507 e. The Labute approximate surface area is 176 Å². The van der Waals surface area contributed by atoms with Crippen LogP contribution < -0.4 is 5.73 Å². The fourth-order valence-corrected chi connectivity index (χ4v) is 3.70. The smallest absolute Gasteiger partial charge is 0.345 e. The Morgan fingerprint density at radius 1 is 0.900 bits per heavy atom. The molecule has 0 radical (unpaired) electrons. The first kappa shape index (κ1) is 21.6. The third kappa shape index (κ3) is 3.70. The predicted molar refractivity (Wildman–Crippen MR) is 117 cm³/mol. The summed E-state index contributed by atoms with van der Waals surface area (Å²) in [5, 5.41) is 32.6. The standard InChI is InChI=1S/C25H27NO4/c1-24(2,3)21-14-16(15-26)13-19(22(21)27)18-11-7-8-12-20(18)25(30,23(28)29)17-9-5-4-6-10-17/h4-14,27,30H,15,26H2,1-3H3,(H,28,29). The van der Waals surface area contributed by atoms with Crippen LogP contribution in [0.5, 0.6) is 5.75 Å². The van der Waals surface area contributed by atoms with Crippen LogP contribution in [0.15, 0.2) is 66.7 Å². The zero-order valence-corrected chi connectivity index (χ0v) is 17.4. The van der Waals surface area contributed by atoms with E-state index in [1.54, 1.807) is 60.7 Å². The first-order chi connectivity index (χ1) is 14.1. The zero-order chi connectivity index (χ0) is 22.1. The lowest BCUT2D eigenvalue weighted by Crippen LogP contribution is -2.37. The maximum atomic E-state index is 12.3. The number of hydrogen-bond acceptors (Lipinski definition) is 4. The van der Waals surface area contributed by atoms with Crippen molar-refractivity contribution in [3.8, 4) is 16.9 Å². The summed E-state index contributed by atoms with van der Waals surface area (Å²) in [6.45, 7) is 6.21. The summed E-state index contributed by atoms with van der Waals surface area (Å²) in [6, 6.07) is 18.6. The molecule has 0 bridgehead atoms. The van der Waals surface area contributed by atoms with Crippen molar-refractivity contribution < 1.29 is 20.1 Å². The van der Waals surface area contributed by atoms with E-state index in [4.69, 9.17) is 5.73 Å². The minimum atomic E-state index is -2.29. The van der Waals surface area contributed by atoms with Crippen molar-refractivity contribution in [3.63, 3.8) is 0 Å². The molecule has 0 saturated carbocycles. The van der Waals surface area contributed by atoms with Crippen LogP contribution in [0.4, 0.5) is 0 Å². The van der Waals surface area contributed by atoms with Crippen LogP contribution in [0.3, 0.4) is 0 Å². The summed E-state index contributed by atoms with van der Waals surface area (Å²) >= 11 is 0. The fraction of sp³-hybridized carbons (Fsp3) is 0.240. The maximum absolute atomic E-state index is 12.3. The second-order valence-corrected chi connectivity index (χ2v) is 8.42. The molecule has 1 atom stereocenters. The average molecular weight is 405 g/mol. The van der Waals surface area contributed by atoms with Gasteiger partial charge in [0.25, 0.3) is 0 Å². The van der Waals surface area contributed by atoms with Gasteiger partial charge in [0.05, 0.1) is 0 Å². The molecule has 5 heteroatoms. The lowest BCUT2D eigenvalue weighted by molar-refractivity contribution is -0.155. The molecule has 0 aliphatic heterocycles. The molecule has 0 amide bonds. The second kappa shape index (κ2) is 7.94.